The average molecular weight is 506 g/mol. The van der Waals surface area contributed by atoms with E-state index in [-0.39, 0.29) is 26.1 Å². The molecule has 2 aromatic carbocycles. The number of rotatable bonds is 11. The highest BCUT2D eigenvalue weighted by Gasteiger charge is 2.41. The van der Waals surface area contributed by atoms with Crippen molar-refractivity contribution in [3.05, 3.63) is 83.4 Å². The minimum Gasteiger partial charge on any atom is -0.390 e. The van der Waals surface area contributed by atoms with Crippen LogP contribution in [-0.4, -0.2) is 37.9 Å². The highest BCUT2D eigenvalue weighted by Crippen LogP contribution is 2.26. The third-order valence-corrected chi connectivity index (χ3v) is 6.06. The Hall–Kier alpha value is -4.12. The molecule has 0 aliphatic heterocycles. The molecule has 0 radical (unpaired) electrons. The lowest BCUT2D eigenvalue weighted by atomic mass is 9.95. The molecule has 1 amide bonds. The van der Waals surface area contributed by atoms with Crippen molar-refractivity contribution in [1.82, 2.24) is 15.8 Å². The number of aliphatic hydroxyl groups excluding tert-OH is 1. The maximum atomic E-state index is 12.9. The number of carbonyl (C=O) groups is 2. The lowest BCUT2D eigenvalue weighted by molar-refractivity contribution is -0.164. The Morgan fingerprint density at radius 1 is 0.946 bits per heavy atom. The zero-order valence-electron chi connectivity index (χ0n) is 20.4. The fourth-order valence-corrected chi connectivity index (χ4v) is 3.77. The van der Waals surface area contributed by atoms with Crippen LogP contribution in [0.3, 0.4) is 0 Å². The molecule has 4 aromatic rings. The average Bonchev–Trinajstić information content (AvgIpc) is 3.59. The van der Waals surface area contributed by atoms with E-state index in [1.807, 2.05) is 48.5 Å². The van der Waals surface area contributed by atoms with Crippen molar-refractivity contribution in [1.29, 1.82) is 0 Å². The molecule has 1 unspecified atom stereocenters. The normalized spacial score (nSPS) is 12.8. The minimum atomic E-state index is -1.88. The van der Waals surface area contributed by atoms with Crippen LogP contribution < -0.4 is 5.48 Å². The number of aryl methyl sites for hydroxylation is 2. The van der Waals surface area contributed by atoms with Gasteiger partial charge in [0.05, 0.1) is 18.9 Å². The van der Waals surface area contributed by atoms with Gasteiger partial charge in [0.2, 0.25) is 5.60 Å². The Morgan fingerprint density at radius 2 is 1.57 bits per heavy atom. The highest BCUT2D eigenvalue weighted by molar-refractivity contribution is 6.08. The van der Waals surface area contributed by atoms with Crippen LogP contribution in [0, 0.1) is 6.92 Å². The number of hydrogen-bond donors (Lipinski definition) is 3. The molecule has 0 saturated heterocycles. The summed E-state index contributed by atoms with van der Waals surface area (Å²) in [5.41, 5.74) is 4.24. The quantitative estimate of drug-likeness (QED) is 0.157. The predicted molar refractivity (Wildman–Crippen MR) is 131 cm³/mol. The largest absolute Gasteiger partial charge is 0.390 e. The molecule has 0 aliphatic carbocycles. The van der Waals surface area contributed by atoms with Gasteiger partial charge in [0.25, 0.3) is 5.91 Å². The number of hydrogen-bond acceptors (Lipinski definition) is 9. The zero-order valence-corrected chi connectivity index (χ0v) is 20.4. The number of benzene rings is 2. The Balaban J connectivity index is 1.40. The fraction of sp³-hybridized carbons (Fsp3) is 0.259. The molecule has 4 rings (SSSR count). The van der Waals surface area contributed by atoms with Gasteiger partial charge in [0.1, 0.15) is 11.5 Å². The van der Waals surface area contributed by atoms with Crippen molar-refractivity contribution in [2.75, 3.05) is 0 Å². The first-order valence-corrected chi connectivity index (χ1v) is 11.6. The first kappa shape index (κ1) is 26.0. The number of ketones is 1. The Labute approximate surface area is 212 Å². The van der Waals surface area contributed by atoms with Crippen molar-refractivity contribution in [2.45, 2.75) is 45.5 Å². The second-order valence-electron chi connectivity index (χ2n) is 8.73. The molecule has 37 heavy (non-hydrogen) atoms. The number of hydroxylamine groups is 1. The molecule has 2 aromatic heterocycles. The molecule has 2 heterocycles. The summed E-state index contributed by atoms with van der Waals surface area (Å²) < 4.78 is 16.0. The van der Waals surface area contributed by atoms with Gasteiger partial charge in [-0.3, -0.25) is 14.8 Å². The van der Waals surface area contributed by atoms with Crippen LogP contribution in [0.2, 0.25) is 0 Å². The first-order valence-electron chi connectivity index (χ1n) is 11.6. The summed E-state index contributed by atoms with van der Waals surface area (Å²) in [7, 11) is 0. The van der Waals surface area contributed by atoms with Gasteiger partial charge in [0, 0.05) is 30.5 Å². The standard InChI is InChI=1S/C27H27N3O7/c1-17-13-22(29-36-17)11-12-25(32)27(2,26(33)28-34)35-16-18-3-5-19(6-4-18)20-7-9-21(10-8-20)24-14-23(15-31)30-37-24/h3-10,13-14,31,34H,11-12,15-16H2,1-2H3,(H,28,33). The Bertz CT molecular complexity index is 1360. The van der Waals surface area contributed by atoms with Crippen LogP contribution in [-0.2, 0) is 34.0 Å². The third-order valence-electron chi connectivity index (χ3n) is 6.06. The number of amides is 1. The van der Waals surface area contributed by atoms with Gasteiger partial charge in [-0.25, -0.2) is 5.48 Å². The number of carbonyl (C=O) groups excluding carboxylic acids is 2. The number of ether oxygens (including phenoxy) is 1. The number of nitrogens with zero attached hydrogens (tertiary/aromatic N) is 2. The van der Waals surface area contributed by atoms with Crippen LogP contribution in [0.1, 0.15) is 36.1 Å². The summed E-state index contributed by atoms with van der Waals surface area (Å²) in [5, 5.41) is 26.0. The van der Waals surface area contributed by atoms with Crippen molar-refractivity contribution in [3.63, 3.8) is 0 Å². The van der Waals surface area contributed by atoms with Gasteiger partial charge in [-0.1, -0.05) is 58.8 Å². The maximum Gasteiger partial charge on any atom is 0.283 e. The van der Waals surface area contributed by atoms with Gasteiger partial charge >= 0.3 is 0 Å². The summed E-state index contributed by atoms with van der Waals surface area (Å²) in [4.78, 5) is 25.2. The molecular formula is C27H27N3O7. The second kappa shape index (κ2) is 11.3. The summed E-state index contributed by atoms with van der Waals surface area (Å²) >= 11 is 0. The van der Waals surface area contributed by atoms with E-state index in [1.165, 1.54) is 12.4 Å². The van der Waals surface area contributed by atoms with E-state index in [0.29, 0.717) is 22.9 Å². The molecule has 10 nitrogen and oxygen atoms in total. The predicted octanol–water partition coefficient (Wildman–Crippen LogP) is 3.78. The molecule has 192 valence electrons. The number of aliphatic hydroxyl groups is 1. The molecule has 1 atom stereocenters. The number of aromatic nitrogens is 2. The molecular weight excluding hydrogens is 478 g/mol. The summed E-state index contributed by atoms with van der Waals surface area (Å²) in [6.45, 7) is 2.88. The molecule has 0 aliphatic rings. The minimum absolute atomic E-state index is 0.0137. The third kappa shape index (κ3) is 6.00. The summed E-state index contributed by atoms with van der Waals surface area (Å²) in [6.07, 6.45) is 0.264. The van der Waals surface area contributed by atoms with Crippen molar-refractivity contribution < 1.29 is 33.7 Å². The van der Waals surface area contributed by atoms with E-state index in [1.54, 1.807) is 19.1 Å². The summed E-state index contributed by atoms with van der Waals surface area (Å²) in [5.74, 6) is -0.234. The number of nitrogens with one attached hydrogen (secondary N) is 1. The maximum absolute atomic E-state index is 12.9. The van der Waals surface area contributed by atoms with Crippen molar-refractivity contribution in [3.8, 4) is 22.5 Å². The smallest absolute Gasteiger partial charge is 0.283 e. The topological polar surface area (TPSA) is 148 Å². The van der Waals surface area contributed by atoms with E-state index in [4.69, 9.17) is 18.9 Å². The van der Waals surface area contributed by atoms with Crippen LogP contribution in [0.4, 0.5) is 0 Å². The first-order chi connectivity index (χ1) is 17.8. The van der Waals surface area contributed by atoms with Gasteiger partial charge in [-0.2, -0.15) is 0 Å². The van der Waals surface area contributed by atoms with Gasteiger partial charge in [-0.05, 0) is 30.5 Å². The van der Waals surface area contributed by atoms with Crippen LogP contribution >= 0.6 is 0 Å². The van der Waals surface area contributed by atoms with E-state index in [2.05, 4.69) is 10.3 Å². The highest BCUT2D eigenvalue weighted by atomic mass is 16.5. The Morgan fingerprint density at radius 3 is 2.14 bits per heavy atom. The fourth-order valence-electron chi connectivity index (χ4n) is 3.77. The van der Waals surface area contributed by atoms with Gasteiger partial charge in [-0.15, -0.1) is 0 Å². The zero-order chi connectivity index (χ0) is 26.4. The van der Waals surface area contributed by atoms with Crippen molar-refractivity contribution >= 4 is 11.7 Å². The van der Waals surface area contributed by atoms with E-state index in [0.717, 1.165) is 22.3 Å². The molecule has 0 fully saturated rings. The molecule has 10 heteroatoms. The lowest BCUT2D eigenvalue weighted by Crippen LogP contribution is -2.51. The van der Waals surface area contributed by atoms with Gasteiger partial charge in [0.15, 0.2) is 11.5 Å². The van der Waals surface area contributed by atoms with Crippen LogP contribution in [0.5, 0.6) is 0 Å². The van der Waals surface area contributed by atoms with E-state index in [9.17, 15) is 14.8 Å². The van der Waals surface area contributed by atoms with E-state index < -0.39 is 17.3 Å². The molecule has 0 spiro atoms. The van der Waals surface area contributed by atoms with Crippen molar-refractivity contribution in [2.24, 2.45) is 0 Å². The molecule has 0 saturated carbocycles. The Kier molecular flexibility index (Phi) is 7.92. The monoisotopic (exact) mass is 505 g/mol. The summed E-state index contributed by atoms with van der Waals surface area (Å²) in [6, 6.07) is 18.6. The molecule has 3 N–H and O–H groups in total. The van der Waals surface area contributed by atoms with Crippen LogP contribution in [0.15, 0.2) is 69.7 Å². The SMILES string of the molecule is Cc1cc(CCC(=O)C(C)(OCc2ccc(-c3ccc(-c4cc(CO)no4)cc3)cc2)C(=O)NO)no1. The van der Waals surface area contributed by atoms with Crippen LogP contribution in [0.25, 0.3) is 22.5 Å². The lowest BCUT2D eigenvalue weighted by Gasteiger charge is -2.26. The molecule has 0 bridgehead atoms. The van der Waals surface area contributed by atoms with Gasteiger partial charge < -0.3 is 18.9 Å². The van der Waals surface area contributed by atoms with E-state index >= 15 is 0 Å². The number of Topliss-reactive ketones (excluding diaryl/α,β-unsaturated/α-hetero) is 1. The second-order valence-corrected chi connectivity index (χ2v) is 8.73.